The van der Waals surface area contributed by atoms with Crippen molar-refractivity contribution >= 4 is 39.0 Å². The van der Waals surface area contributed by atoms with Gasteiger partial charge in [0, 0.05) is 94.1 Å². The summed E-state index contributed by atoms with van der Waals surface area (Å²) in [5, 5.41) is 4.95. The molecule has 17 heteroatoms. The molecule has 0 unspecified atom stereocenters. The molecule has 2 bridgehead atoms. The third kappa shape index (κ3) is 9.47. The lowest BCUT2D eigenvalue weighted by Crippen LogP contribution is -2.58. The van der Waals surface area contributed by atoms with Crippen molar-refractivity contribution in [3.8, 4) is 11.6 Å². The number of aryl methyl sites for hydroxylation is 2. The highest BCUT2D eigenvalue weighted by atomic mass is 35.5. The van der Waals surface area contributed by atoms with Crippen molar-refractivity contribution in [2.24, 2.45) is 29.2 Å². The van der Waals surface area contributed by atoms with E-state index in [1.807, 2.05) is 31.2 Å². The van der Waals surface area contributed by atoms with Crippen LogP contribution in [-0.2, 0) is 43.0 Å². The number of ether oxygens (including phenoxy) is 5. The Morgan fingerprint density at radius 3 is 2.75 bits per heavy atom. The summed E-state index contributed by atoms with van der Waals surface area (Å²) in [6.07, 6.45) is 9.83. The first-order valence-electron chi connectivity index (χ1n) is 22.8. The van der Waals surface area contributed by atoms with Crippen LogP contribution in [0.1, 0.15) is 64.4 Å². The van der Waals surface area contributed by atoms with Crippen LogP contribution in [0, 0.1) is 17.8 Å². The highest BCUT2D eigenvalue weighted by Gasteiger charge is 2.45. The van der Waals surface area contributed by atoms with E-state index < -0.39 is 33.8 Å². The van der Waals surface area contributed by atoms with Gasteiger partial charge in [0.05, 0.1) is 57.2 Å². The van der Waals surface area contributed by atoms with E-state index in [4.69, 9.17) is 35.3 Å². The second-order valence-corrected chi connectivity index (χ2v) is 21.0. The quantitative estimate of drug-likeness (QED) is 0.298. The summed E-state index contributed by atoms with van der Waals surface area (Å²) in [5.41, 5.74) is 3.30. The van der Waals surface area contributed by atoms with Crippen molar-refractivity contribution in [1.82, 2.24) is 24.3 Å². The first-order chi connectivity index (χ1) is 30.9. The van der Waals surface area contributed by atoms with Gasteiger partial charge in [0.2, 0.25) is 5.88 Å². The number of rotatable bonds is 8. The maximum Gasteiger partial charge on any atom is 0.286 e. The number of morpholine rings is 1. The molecule has 9 rings (SSSR count). The van der Waals surface area contributed by atoms with Crippen LogP contribution in [0.2, 0.25) is 5.02 Å². The first-order valence-corrected chi connectivity index (χ1v) is 24.9. The van der Waals surface area contributed by atoms with Gasteiger partial charge in [0.25, 0.3) is 11.8 Å². The van der Waals surface area contributed by atoms with Gasteiger partial charge in [-0.15, -0.1) is 9.46 Å². The number of nitrogens with zero attached hydrogens (tertiary/aromatic N) is 6. The fourth-order valence-electron chi connectivity index (χ4n) is 10.9. The van der Waals surface area contributed by atoms with Crippen LogP contribution < -0.4 is 19.1 Å². The number of fused-ring (bicyclic) bond motifs is 5. The number of benzene rings is 2. The average Bonchev–Trinajstić information content (AvgIpc) is 3.60. The minimum absolute atomic E-state index is 0.0626. The van der Waals surface area contributed by atoms with E-state index in [1.165, 1.54) is 29.1 Å². The van der Waals surface area contributed by atoms with Gasteiger partial charge >= 0.3 is 0 Å². The number of methoxy groups -OCH3 is 2. The van der Waals surface area contributed by atoms with Gasteiger partial charge in [0.1, 0.15) is 21.2 Å². The van der Waals surface area contributed by atoms with Crippen molar-refractivity contribution in [2.75, 3.05) is 97.1 Å². The van der Waals surface area contributed by atoms with Gasteiger partial charge in [-0.05, 0) is 85.4 Å². The van der Waals surface area contributed by atoms with Crippen molar-refractivity contribution in [3.05, 3.63) is 82.0 Å². The van der Waals surface area contributed by atoms with Crippen LogP contribution >= 0.6 is 11.6 Å². The van der Waals surface area contributed by atoms with E-state index in [9.17, 15) is 9.59 Å². The van der Waals surface area contributed by atoms with Gasteiger partial charge in [-0.1, -0.05) is 36.7 Å². The Morgan fingerprint density at radius 1 is 1.08 bits per heavy atom. The molecule has 2 aromatic carbocycles. The normalized spacial score (nSPS) is 31.6. The molecule has 346 valence electrons. The Hall–Kier alpha value is -4.03. The molecule has 6 aliphatic rings. The number of piperazine rings is 1. The molecule has 2 saturated heterocycles. The fraction of sp³-hybridized carbons (Fsp3) is 0.596. The van der Waals surface area contributed by atoms with Gasteiger partial charge in [0.15, 0.2) is 0 Å². The number of anilines is 1. The number of carbonyl (C=O) groups is 2. The summed E-state index contributed by atoms with van der Waals surface area (Å²) in [7, 11) is 1.04. The first kappa shape index (κ1) is 45.1. The smallest absolute Gasteiger partial charge is 0.286 e. The lowest BCUT2D eigenvalue weighted by Gasteiger charge is -2.46. The molecule has 2 aliphatic carbocycles. The van der Waals surface area contributed by atoms with Crippen LogP contribution in [0.5, 0.6) is 11.6 Å². The molecule has 2 amide bonds. The monoisotopic (exact) mass is 919 g/mol. The molecule has 1 saturated carbocycles. The third-order valence-corrected chi connectivity index (χ3v) is 16.6. The number of hydrogen-bond acceptors (Lipinski definition) is 12. The molecule has 1 spiro atoms. The summed E-state index contributed by atoms with van der Waals surface area (Å²) in [6, 6.07) is 11.9. The van der Waals surface area contributed by atoms with Crippen LogP contribution in [0.4, 0.5) is 5.69 Å². The Labute approximate surface area is 382 Å². The van der Waals surface area contributed by atoms with Crippen molar-refractivity contribution in [2.45, 2.75) is 62.7 Å². The molecular weight excluding hydrogens is 858 g/mol. The zero-order valence-electron chi connectivity index (χ0n) is 37.4. The Morgan fingerprint density at radius 2 is 1.94 bits per heavy atom. The summed E-state index contributed by atoms with van der Waals surface area (Å²) >= 11 is 6.53. The Kier molecular flexibility index (Phi) is 13.4. The molecule has 15 nitrogen and oxygen atoms in total. The van der Waals surface area contributed by atoms with E-state index in [1.54, 1.807) is 20.2 Å². The van der Waals surface area contributed by atoms with Gasteiger partial charge < -0.3 is 28.6 Å². The number of carbonyl (C=O) groups excluding carboxylic acids is 2. The molecule has 5 heterocycles. The zero-order chi connectivity index (χ0) is 44.6. The number of aromatic nitrogens is 2. The highest BCUT2D eigenvalue weighted by molar-refractivity contribution is 7.92. The molecular formula is C47H62ClN7O8S. The van der Waals surface area contributed by atoms with Gasteiger partial charge in [-0.25, -0.2) is 4.21 Å². The topological polar surface area (TPSA) is 149 Å². The molecule has 64 heavy (non-hydrogen) atoms. The number of amides is 2. The Bertz CT molecular complexity index is 2370. The predicted octanol–water partition coefficient (Wildman–Crippen LogP) is 5.16. The van der Waals surface area contributed by atoms with Crippen molar-refractivity contribution < 1.29 is 37.5 Å². The summed E-state index contributed by atoms with van der Waals surface area (Å²) < 4.78 is 54.7. The van der Waals surface area contributed by atoms with Gasteiger partial charge in [-0.3, -0.25) is 28.8 Å². The largest absolute Gasteiger partial charge is 0.490 e. The fourth-order valence-corrected chi connectivity index (χ4v) is 12.9. The van der Waals surface area contributed by atoms with E-state index in [0.717, 1.165) is 88.8 Å². The minimum Gasteiger partial charge on any atom is -0.490 e. The second kappa shape index (κ2) is 19.1. The number of hydrogen-bond donors (Lipinski definition) is 1. The SMILES string of the molecule is COc1nn(C)cc1C(=O)N[S@@]1(=O)=NC(=O)c2ccc3c(c2)N(C[C@@H]2CC[C@H]2[C@@H](OC)/C=C/[C@H](OCCN2CCN4CCOC[C@@H]4C2)[C@H](C)C1)C[C@@]1(CCCc2cc(Cl)ccc21)CO3. The number of nitrogens with one attached hydrogen (secondary N) is 1. The standard InChI is InChI=1S/C47H62ClN7O8S/c1-31-28-64(58,51-45(57)38-26-52(2)49-46(38)60-4)50-44(56)33-8-12-43-40(23-33)55(29-47(30-63-43)15-5-6-32-22-35(48)9-11-39(32)47)24-34-7-10-37(34)42(59-3)14-13-41(31)62-21-18-53-16-17-54-19-20-61-27-36(54)25-53/h8-9,11-14,22-23,26,31,34,36-37,41-42H,5-7,10,15-21,24-25,27-30H2,1-4H3,(H,50,51,56,57,58)/b14-13+/t31-,34+,36+,37-,41+,42+,47+,64+/m1/s1. The molecule has 1 aromatic heterocycles. The lowest BCUT2D eigenvalue weighted by atomic mass is 9.68. The summed E-state index contributed by atoms with van der Waals surface area (Å²) in [6.45, 7) is 10.2. The lowest BCUT2D eigenvalue weighted by molar-refractivity contribution is -0.0513. The molecule has 1 N–H and O–H groups in total. The highest BCUT2D eigenvalue weighted by Crippen LogP contribution is 2.47. The molecule has 4 aliphatic heterocycles. The second-order valence-electron chi connectivity index (χ2n) is 18.6. The van der Waals surface area contributed by atoms with E-state index in [2.05, 4.69) is 47.1 Å². The van der Waals surface area contributed by atoms with Crippen molar-refractivity contribution in [1.29, 1.82) is 0 Å². The van der Waals surface area contributed by atoms with E-state index in [0.29, 0.717) is 44.0 Å². The summed E-state index contributed by atoms with van der Waals surface area (Å²) in [5.74, 6) is -0.773. The molecule has 8 atom stereocenters. The van der Waals surface area contributed by atoms with Crippen molar-refractivity contribution in [3.63, 3.8) is 0 Å². The molecule has 3 fully saturated rings. The molecule has 0 radical (unpaired) electrons. The van der Waals surface area contributed by atoms with Crippen LogP contribution in [0.15, 0.2) is 59.1 Å². The Balaban J connectivity index is 1.07. The maximum atomic E-state index is 15.3. The number of halogens is 1. The minimum atomic E-state index is -3.80. The van der Waals surface area contributed by atoms with E-state index >= 15 is 4.21 Å². The average molecular weight is 921 g/mol. The zero-order valence-corrected chi connectivity index (χ0v) is 39.0. The van der Waals surface area contributed by atoms with Crippen LogP contribution in [-0.4, -0.2) is 146 Å². The summed E-state index contributed by atoms with van der Waals surface area (Å²) in [4.78, 5) is 35.8. The van der Waals surface area contributed by atoms with Crippen LogP contribution in [0.25, 0.3) is 0 Å². The van der Waals surface area contributed by atoms with E-state index in [-0.39, 0.29) is 40.2 Å². The predicted molar refractivity (Wildman–Crippen MR) is 245 cm³/mol. The molecule has 3 aromatic rings. The van der Waals surface area contributed by atoms with Crippen LogP contribution in [0.3, 0.4) is 0 Å². The van der Waals surface area contributed by atoms with Gasteiger partial charge in [-0.2, -0.15) is 0 Å². The maximum absolute atomic E-state index is 15.3. The third-order valence-electron chi connectivity index (χ3n) is 14.4.